The van der Waals surface area contributed by atoms with Gasteiger partial charge in [-0.2, -0.15) is 0 Å². The van der Waals surface area contributed by atoms with E-state index < -0.39 is 5.60 Å². The summed E-state index contributed by atoms with van der Waals surface area (Å²) in [4.78, 5) is 2.14. The molecule has 2 aromatic carbocycles. The standard InChI is InChI=1S/C20H27NO/c1-4-5-15-20(22,18-12-7-6-8-13-18)19-14-10-9-11-17(19)16-21(2)3/h6-14,22H,4-5,15-16H2,1-3H3/t20-/m1/s1. The van der Waals surface area contributed by atoms with Gasteiger partial charge in [0.2, 0.25) is 0 Å². The molecule has 1 N–H and O–H groups in total. The van der Waals surface area contributed by atoms with Gasteiger partial charge in [0.1, 0.15) is 5.60 Å². The molecule has 0 bridgehead atoms. The topological polar surface area (TPSA) is 23.5 Å². The van der Waals surface area contributed by atoms with Crippen LogP contribution in [0, 0.1) is 0 Å². The van der Waals surface area contributed by atoms with Crippen LogP contribution in [0.1, 0.15) is 42.9 Å². The summed E-state index contributed by atoms with van der Waals surface area (Å²) in [6, 6.07) is 18.3. The van der Waals surface area contributed by atoms with Crippen LogP contribution in [-0.4, -0.2) is 24.1 Å². The third kappa shape index (κ3) is 3.76. The first-order valence-electron chi connectivity index (χ1n) is 8.09. The molecule has 2 rings (SSSR count). The molecule has 0 aliphatic heterocycles. The summed E-state index contributed by atoms with van der Waals surface area (Å²) in [7, 11) is 4.12. The van der Waals surface area contributed by atoms with Crippen molar-refractivity contribution < 1.29 is 5.11 Å². The van der Waals surface area contributed by atoms with Crippen LogP contribution in [0.5, 0.6) is 0 Å². The lowest BCUT2D eigenvalue weighted by Crippen LogP contribution is -2.29. The Morgan fingerprint density at radius 1 is 0.955 bits per heavy atom. The molecule has 0 aliphatic rings. The first-order chi connectivity index (χ1) is 10.6. The average Bonchev–Trinajstić information content (AvgIpc) is 2.53. The third-order valence-electron chi connectivity index (χ3n) is 4.09. The quantitative estimate of drug-likeness (QED) is 0.829. The van der Waals surface area contributed by atoms with Crippen molar-refractivity contribution in [1.82, 2.24) is 4.90 Å². The number of benzene rings is 2. The molecule has 2 nitrogen and oxygen atoms in total. The van der Waals surface area contributed by atoms with Gasteiger partial charge in [-0.15, -0.1) is 0 Å². The van der Waals surface area contributed by atoms with E-state index in [-0.39, 0.29) is 0 Å². The first kappa shape index (κ1) is 16.7. The van der Waals surface area contributed by atoms with Crippen LogP contribution in [0.3, 0.4) is 0 Å². The largest absolute Gasteiger partial charge is 0.380 e. The molecule has 2 aromatic rings. The Bertz CT molecular complexity index is 579. The third-order valence-corrected chi connectivity index (χ3v) is 4.09. The molecule has 1 atom stereocenters. The highest BCUT2D eigenvalue weighted by Gasteiger charge is 2.32. The summed E-state index contributed by atoms with van der Waals surface area (Å²) in [5.74, 6) is 0. The Labute approximate surface area is 134 Å². The second kappa shape index (κ2) is 7.57. The predicted molar refractivity (Wildman–Crippen MR) is 92.8 cm³/mol. The summed E-state index contributed by atoms with van der Waals surface area (Å²) in [6.07, 6.45) is 2.82. The van der Waals surface area contributed by atoms with Crippen molar-refractivity contribution in [1.29, 1.82) is 0 Å². The second-order valence-electron chi connectivity index (χ2n) is 6.22. The van der Waals surface area contributed by atoms with Gasteiger partial charge in [0.25, 0.3) is 0 Å². The second-order valence-corrected chi connectivity index (χ2v) is 6.22. The molecule has 118 valence electrons. The summed E-state index contributed by atoms with van der Waals surface area (Å²) in [5.41, 5.74) is 2.29. The lowest BCUT2D eigenvalue weighted by atomic mass is 9.80. The molecule has 0 aromatic heterocycles. The van der Waals surface area contributed by atoms with E-state index >= 15 is 0 Å². The van der Waals surface area contributed by atoms with Crippen LogP contribution < -0.4 is 0 Å². The van der Waals surface area contributed by atoms with Crippen molar-refractivity contribution in [3.05, 3.63) is 71.3 Å². The minimum atomic E-state index is -0.913. The van der Waals surface area contributed by atoms with Crippen LogP contribution in [0.2, 0.25) is 0 Å². The van der Waals surface area contributed by atoms with Gasteiger partial charge in [-0.3, -0.25) is 0 Å². The Balaban J connectivity index is 2.50. The van der Waals surface area contributed by atoms with Gasteiger partial charge in [-0.1, -0.05) is 74.4 Å². The zero-order valence-corrected chi connectivity index (χ0v) is 13.9. The molecule has 0 saturated heterocycles. The highest BCUT2D eigenvalue weighted by molar-refractivity contribution is 5.41. The fourth-order valence-corrected chi connectivity index (χ4v) is 2.98. The number of rotatable bonds is 7. The van der Waals surface area contributed by atoms with Gasteiger partial charge >= 0.3 is 0 Å². The minimum Gasteiger partial charge on any atom is -0.380 e. The molecule has 0 fully saturated rings. The number of hydrogen-bond donors (Lipinski definition) is 1. The lowest BCUT2D eigenvalue weighted by molar-refractivity contribution is 0.0670. The SMILES string of the molecule is CCCC[C@@](O)(c1ccccc1)c1ccccc1CN(C)C. The molecule has 0 saturated carbocycles. The van der Waals surface area contributed by atoms with Gasteiger partial charge in [0.05, 0.1) is 0 Å². The smallest absolute Gasteiger partial charge is 0.115 e. The van der Waals surface area contributed by atoms with Crippen LogP contribution in [0.15, 0.2) is 54.6 Å². The maximum Gasteiger partial charge on any atom is 0.115 e. The summed E-state index contributed by atoms with van der Waals surface area (Å²) < 4.78 is 0. The number of hydrogen-bond acceptors (Lipinski definition) is 2. The number of unbranched alkanes of at least 4 members (excludes halogenated alkanes) is 1. The predicted octanol–water partition coefficient (Wildman–Crippen LogP) is 4.17. The summed E-state index contributed by atoms with van der Waals surface area (Å²) in [6.45, 7) is 2.99. The zero-order chi connectivity index (χ0) is 16.0. The Kier molecular flexibility index (Phi) is 5.76. The molecular weight excluding hydrogens is 270 g/mol. The normalized spacial score (nSPS) is 14.0. The van der Waals surface area contributed by atoms with Crippen molar-refractivity contribution in [3.8, 4) is 0 Å². The van der Waals surface area contributed by atoms with Crippen LogP contribution in [-0.2, 0) is 12.1 Å². The minimum absolute atomic E-state index is 0.748. The van der Waals surface area contributed by atoms with E-state index in [1.165, 1.54) is 5.56 Å². The molecule has 0 unspecified atom stereocenters. The maximum absolute atomic E-state index is 11.6. The Hall–Kier alpha value is -1.64. The maximum atomic E-state index is 11.6. The first-order valence-corrected chi connectivity index (χ1v) is 8.09. The lowest BCUT2D eigenvalue weighted by Gasteiger charge is -2.32. The van der Waals surface area contributed by atoms with Crippen molar-refractivity contribution in [2.24, 2.45) is 0 Å². The van der Waals surface area contributed by atoms with E-state index in [4.69, 9.17) is 0 Å². The highest BCUT2D eigenvalue weighted by Crippen LogP contribution is 2.36. The molecule has 22 heavy (non-hydrogen) atoms. The van der Waals surface area contributed by atoms with Gasteiger partial charge in [0.15, 0.2) is 0 Å². The van der Waals surface area contributed by atoms with Crippen molar-refractivity contribution in [2.75, 3.05) is 14.1 Å². The van der Waals surface area contributed by atoms with Gasteiger partial charge < -0.3 is 10.0 Å². The van der Waals surface area contributed by atoms with E-state index in [0.29, 0.717) is 0 Å². The number of nitrogens with zero attached hydrogens (tertiary/aromatic N) is 1. The molecular formula is C20H27NO. The van der Waals surface area contributed by atoms with Crippen molar-refractivity contribution in [2.45, 2.75) is 38.3 Å². The summed E-state index contributed by atoms with van der Waals surface area (Å²) >= 11 is 0. The molecule has 0 spiro atoms. The van der Waals surface area contributed by atoms with Gasteiger partial charge in [-0.05, 0) is 37.2 Å². The van der Waals surface area contributed by atoms with E-state index in [1.807, 2.05) is 42.5 Å². The van der Waals surface area contributed by atoms with Gasteiger partial charge in [0, 0.05) is 6.54 Å². The molecule has 0 amide bonds. The van der Waals surface area contributed by atoms with Crippen molar-refractivity contribution in [3.63, 3.8) is 0 Å². The van der Waals surface area contributed by atoms with Crippen LogP contribution in [0.4, 0.5) is 0 Å². The molecule has 0 aliphatic carbocycles. The fraction of sp³-hybridized carbons (Fsp3) is 0.400. The molecule has 0 heterocycles. The fourth-order valence-electron chi connectivity index (χ4n) is 2.98. The Morgan fingerprint density at radius 2 is 1.59 bits per heavy atom. The zero-order valence-electron chi connectivity index (χ0n) is 13.9. The summed E-state index contributed by atoms with van der Waals surface area (Å²) in [5, 5.41) is 11.6. The molecule has 0 radical (unpaired) electrons. The van der Waals surface area contributed by atoms with E-state index in [2.05, 4.69) is 38.1 Å². The van der Waals surface area contributed by atoms with E-state index in [1.54, 1.807) is 0 Å². The van der Waals surface area contributed by atoms with Gasteiger partial charge in [-0.25, -0.2) is 0 Å². The number of aliphatic hydroxyl groups is 1. The van der Waals surface area contributed by atoms with E-state index in [0.717, 1.165) is 36.9 Å². The monoisotopic (exact) mass is 297 g/mol. The van der Waals surface area contributed by atoms with Crippen LogP contribution >= 0.6 is 0 Å². The van der Waals surface area contributed by atoms with Crippen molar-refractivity contribution >= 4 is 0 Å². The molecule has 2 heteroatoms. The van der Waals surface area contributed by atoms with Crippen LogP contribution in [0.25, 0.3) is 0 Å². The highest BCUT2D eigenvalue weighted by atomic mass is 16.3. The van der Waals surface area contributed by atoms with E-state index in [9.17, 15) is 5.11 Å². The Morgan fingerprint density at radius 3 is 2.23 bits per heavy atom. The average molecular weight is 297 g/mol.